The molecule has 0 spiro atoms. The van der Waals surface area contributed by atoms with Crippen molar-refractivity contribution in [1.29, 1.82) is 0 Å². The van der Waals surface area contributed by atoms with Gasteiger partial charge in [0.1, 0.15) is 5.56 Å². The predicted molar refractivity (Wildman–Crippen MR) is 81.1 cm³/mol. The molecule has 1 N–H and O–H groups in total. The van der Waals surface area contributed by atoms with Gasteiger partial charge in [-0.25, -0.2) is 17.9 Å². The summed E-state index contributed by atoms with van der Waals surface area (Å²) in [5, 5.41) is 1.79. The van der Waals surface area contributed by atoms with Crippen LogP contribution in [0.25, 0.3) is 5.69 Å². The van der Waals surface area contributed by atoms with E-state index < -0.39 is 51.8 Å². The highest BCUT2D eigenvalue weighted by molar-refractivity contribution is 6.09. The van der Waals surface area contributed by atoms with E-state index in [4.69, 9.17) is 0 Å². The average molecular weight is 386 g/mol. The molecule has 0 aliphatic rings. The third-order valence-corrected chi connectivity index (χ3v) is 3.66. The number of alkyl halides is 3. The molecule has 0 aliphatic heterocycles. The van der Waals surface area contributed by atoms with E-state index in [0.29, 0.717) is 4.68 Å². The Kier molecular flexibility index (Phi) is 4.42. The quantitative estimate of drug-likeness (QED) is 0.423. The molecule has 0 bridgehead atoms. The van der Waals surface area contributed by atoms with Crippen LogP contribution in [-0.4, -0.2) is 15.6 Å². The minimum Gasteiger partial charge on any atom is -0.288 e. The van der Waals surface area contributed by atoms with Gasteiger partial charge in [0.25, 0.3) is 5.56 Å². The van der Waals surface area contributed by atoms with Gasteiger partial charge in [0.2, 0.25) is 5.78 Å². The van der Waals surface area contributed by atoms with E-state index in [0.717, 1.165) is 0 Å². The van der Waals surface area contributed by atoms with Crippen LogP contribution >= 0.6 is 0 Å². The lowest BCUT2D eigenvalue weighted by molar-refractivity contribution is -0.141. The van der Waals surface area contributed by atoms with Crippen LogP contribution in [-0.2, 0) is 6.18 Å². The minimum atomic E-state index is -5.14. The Morgan fingerprint density at radius 2 is 1.52 bits per heavy atom. The third-order valence-electron chi connectivity index (χ3n) is 3.66. The summed E-state index contributed by atoms with van der Waals surface area (Å²) in [5.41, 5.74) is -5.36. The first kappa shape index (κ1) is 18.5. The summed E-state index contributed by atoms with van der Waals surface area (Å²) in [5.74, 6) is -7.04. The number of nitrogens with one attached hydrogen (secondary N) is 1. The first-order chi connectivity index (χ1) is 12.6. The summed E-state index contributed by atoms with van der Waals surface area (Å²) in [6, 6.07) is 7.51. The van der Waals surface area contributed by atoms with Crippen LogP contribution in [0.3, 0.4) is 0 Å². The molecule has 3 rings (SSSR count). The van der Waals surface area contributed by atoms with Gasteiger partial charge in [-0.15, -0.1) is 0 Å². The van der Waals surface area contributed by atoms with Crippen molar-refractivity contribution in [2.45, 2.75) is 6.18 Å². The molecular weight excluding hydrogens is 378 g/mol. The molecule has 3 aromatic rings. The van der Waals surface area contributed by atoms with Crippen molar-refractivity contribution in [3.63, 3.8) is 0 Å². The van der Waals surface area contributed by atoms with Gasteiger partial charge in [0.05, 0.1) is 5.69 Å². The SMILES string of the molecule is O=C(c1cc(F)c(F)c(F)c1)c1c(C(F)(F)F)[nH]n(-c2ccccc2)c1=O. The molecule has 0 saturated carbocycles. The fraction of sp³-hybridized carbons (Fsp3) is 0.0588. The van der Waals surface area contributed by atoms with Gasteiger partial charge < -0.3 is 0 Å². The van der Waals surface area contributed by atoms with Gasteiger partial charge in [-0.2, -0.15) is 13.2 Å². The van der Waals surface area contributed by atoms with Gasteiger partial charge >= 0.3 is 6.18 Å². The molecule has 0 unspecified atom stereocenters. The molecule has 0 atom stereocenters. The average Bonchev–Trinajstić information content (AvgIpc) is 2.97. The highest BCUT2D eigenvalue weighted by atomic mass is 19.4. The van der Waals surface area contributed by atoms with Gasteiger partial charge in [-0.1, -0.05) is 18.2 Å². The second kappa shape index (κ2) is 6.45. The van der Waals surface area contributed by atoms with Crippen LogP contribution in [0, 0.1) is 17.5 Å². The van der Waals surface area contributed by atoms with E-state index in [2.05, 4.69) is 0 Å². The van der Waals surface area contributed by atoms with E-state index in [-0.39, 0.29) is 17.8 Å². The number of nitrogens with zero attached hydrogens (tertiary/aromatic N) is 1. The Morgan fingerprint density at radius 3 is 2.04 bits per heavy atom. The molecule has 0 aliphatic carbocycles. The fourth-order valence-corrected chi connectivity index (χ4v) is 2.44. The molecule has 0 radical (unpaired) electrons. The summed E-state index contributed by atoms with van der Waals surface area (Å²) in [7, 11) is 0. The topological polar surface area (TPSA) is 54.9 Å². The third kappa shape index (κ3) is 3.25. The van der Waals surface area contributed by atoms with E-state index >= 15 is 0 Å². The second-order valence-electron chi connectivity index (χ2n) is 5.42. The van der Waals surface area contributed by atoms with Gasteiger partial charge in [-0.3, -0.25) is 14.7 Å². The number of halogens is 6. The smallest absolute Gasteiger partial charge is 0.288 e. The Labute approximate surface area is 146 Å². The van der Waals surface area contributed by atoms with E-state index in [9.17, 15) is 35.9 Å². The molecule has 0 fully saturated rings. The first-order valence-electron chi connectivity index (χ1n) is 7.28. The van der Waals surface area contributed by atoms with Crippen LogP contribution in [0.1, 0.15) is 21.6 Å². The number of aromatic nitrogens is 2. The number of carbonyl (C=O) groups excluding carboxylic acids is 1. The molecule has 140 valence electrons. The lowest BCUT2D eigenvalue weighted by atomic mass is 10.0. The van der Waals surface area contributed by atoms with E-state index in [1.54, 1.807) is 11.2 Å². The highest BCUT2D eigenvalue weighted by Crippen LogP contribution is 2.31. The van der Waals surface area contributed by atoms with Crippen molar-refractivity contribution in [3.8, 4) is 5.69 Å². The zero-order valence-corrected chi connectivity index (χ0v) is 13.1. The zero-order valence-electron chi connectivity index (χ0n) is 13.1. The molecule has 2 aromatic carbocycles. The van der Waals surface area contributed by atoms with Crippen molar-refractivity contribution in [2.24, 2.45) is 0 Å². The lowest BCUT2D eigenvalue weighted by Crippen LogP contribution is -2.22. The summed E-state index contributed by atoms with van der Waals surface area (Å²) >= 11 is 0. The van der Waals surface area contributed by atoms with Gasteiger partial charge in [-0.05, 0) is 24.3 Å². The van der Waals surface area contributed by atoms with Crippen molar-refractivity contribution in [3.05, 3.63) is 87.1 Å². The Balaban J connectivity index is 2.25. The summed E-state index contributed by atoms with van der Waals surface area (Å²) in [6.45, 7) is 0. The number of ketones is 1. The normalized spacial score (nSPS) is 11.6. The minimum absolute atomic E-state index is 0.00326. The number of H-pyrrole nitrogens is 1. The molecular formula is C17H8F6N2O2. The molecule has 0 saturated heterocycles. The van der Waals surface area contributed by atoms with E-state index in [1.165, 1.54) is 24.3 Å². The van der Waals surface area contributed by atoms with Crippen molar-refractivity contribution in [1.82, 2.24) is 9.78 Å². The van der Waals surface area contributed by atoms with Crippen molar-refractivity contribution >= 4 is 5.78 Å². The maximum atomic E-state index is 13.3. The Morgan fingerprint density at radius 1 is 0.963 bits per heavy atom. The number of aromatic amines is 1. The van der Waals surface area contributed by atoms with Gasteiger partial charge in [0, 0.05) is 5.56 Å². The molecule has 27 heavy (non-hydrogen) atoms. The molecule has 10 heteroatoms. The fourth-order valence-electron chi connectivity index (χ4n) is 2.44. The van der Waals surface area contributed by atoms with Crippen molar-refractivity contribution in [2.75, 3.05) is 0 Å². The van der Waals surface area contributed by atoms with Crippen LogP contribution in [0.5, 0.6) is 0 Å². The van der Waals surface area contributed by atoms with Gasteiger partial charge in [0.15, 0.2) is 23.1 Å². The second-order valence-corrected chi connectivity index (χ2v) is 5.42. The number of benzene rings is 2. The summed E-state index contributed by atoms with van der Waals surface area (Å²) < 4.78 is 80.1. The van der Waals surface area contributed by atoms with Crippen LogP contribution in [0.2, 0.25) is 0 Å². The van der Waals surface area contributed by atoms with Crippen molar-refractivity contribution < 1.29 is 31.1 Å². The van der Waals surface area contributed by atoms with Crippen LogP contribution < -0.4 is 5.56 Å². The molecule has 4 nitrogen and oxygen atoms in total. The number of para-hydroxylation sites is 1. The molecule has 1 aromatic heterocycles. The Bertz CT molecular complexity index is 1060. The molecule has 0 amide bonds. The number of hydrogen-bond acceptors (Lipinski definition) is 2. The largest absolute Gasteiger partial charge is 0.433 e. The summed E-state index contributed by atoms with van der Waals surface area (Å²) in [4.78, 5) is 24.8. The number of rotatable bonds is 3. The maximum Gasteiger partial charge on any atom is 0.433 e. The van der Waals surface area contributed by atoms with Crippen LogP contribution in [0.15, 0.2) is 47.3 Å². The predicted octanol–water partition coefficient (Wildman–Crippen LogP) is 3.83. The van der Waals surface area contributed by atoms with E-state index in [1.807, 2.05) is 0 Å². The standard InChI is InChI=1S/C17H8F6N2O2/c18-10-6-8(7-11(19)13(10)20)14(26)12-15(17(21,22)23)24-25(16(12)27)9-4-2-1-3-5-9/h1-7,24H. The number of hydrogen-bond donors (Lipinski definition) is 1. The monoisotopic (exact) mass is 386 g/mol. The highest BCUT2D eigenvalue weighted by Gasteiger charge is 2.40. The zero-order chi connectivity index (χ0) is 19.9. The lowest BCUT2D eigenvalue weighted by Gasteiger charge is -2.06. The molecule has 1 heterocycles. The Hall–Kier alpha value is -3.30. The maximum absolute atomic E-state index is 13.3. The van der Waals surface area contributed by atoms with Crippen LogP contribution in [0.4, 0.5) is 26.3 Å². The first-order valence-corrected chi connectivity index (χ1v) is 7.28. The summed E-state index contributed by atoms with van der Waals surface area (Å²) in [6.07, 6.45) is -5.14. The number of carbonyl (C=O) groups is 1.